The third kappa shape index (κ3) is 5.30. The second-order valence-corrected chi connectivity index (χ2v) is 6.24. The van der Waals surface area contributed by atoms with Crippen LogP contribution in [0.15, 0.2) is 18.2 Å². The van der Waals surface area contributed by atoms with Crippen LogP contribution in [0.5, 0.6) is 0 Å². The average molecular weight is 256 g/mol. The van der Waals surface area contributed by atoms with Crippen molar-refractivity contribution in [1.82, 2.24) is 10.0 Å². The van der Waals surface area contributed by atoms with Crippen LogP contribution in [-0.4, -0.2) is 27.8 Å². The molecule has 96 valence electrons. The SMILES string of the molecule is CNS(=O)(=O)CCNCc1cc(C)cc(C)c1. The summed E-state index contributed by atoms with van der Waals surface area (Å²) in [5.74, 6) is 0.105. The molecule has 1 aromatic rings. The van der Waals surface area contributed by atoms with Crippen molar-refractivity contribution in [3.8, 4) is 0 Å². The van der Waals surface area contributed by atoms with Gasteiger partial charge in [-0.1, -0.05) is 29.3 Å². The van der Waals surface area contributed by atoms with Crippen LogP contribution in [0.25, 0.3) is 0 Å². The van der Waals surface area contributed by atoms with Crippen LogP contribution in [0.2, 0.25) is 0 Å². The minimum atomic E-state index is -3.10. The van der Waals surface area contributed by atoms with E-state index in [0.717, 1.165) is 0 Å². The molecule has 0 saturated heterocycles. The summed E-state index contributed by atoms with van der Waals surface area (Å²) in [4.78, 5) is 0. The van der Waals surface area contributed by atoms with Crippen molar-refractivity contribution in [3.05, 3.63) is 34.9 Å². The van der Waals surface area contributed by atoms with E-state index in [1.807, 2.05) is 0 Å². The number of sulfonamides is 1. The Labute approximate surface area is 103 Å². The first kappa shape index (κ1) is 14.2. The van der Waals surface area contributed by atoms with Crippen molar-refractivity contribution in [2.45, 2.75) is 20.4 Å². The van der Waals surface area contributed by atoms with Crippen LogP contribution < -0.4 is 10.0 Å². The minimum Gasteiger partial charge on any atom is -0.312 e. The van der Waals surface area contributed by atoms with E-state index in [1.165, 1.54) is 23.7 Å². The Balaban J connectivity index is 2.41. The molecule has 17 heavy (non-hydrogen) atoms. The fourth-order valence-electron chi connectivity index (χ4n) is 1.71. The quantitative estimate of drug-likeness (QED) is 0.745. The lowest BCUT2D eigenvalue weighted by Gasteiger charge is -2.07. The number of hydrogen-bond acceptors (Lipinski definition) is 3. The lowest BCUT2D eigenvalue weighted by molar-refractivity contribution is 0.583. The van der Waals surface area contributed by atoms with E-state index in [-0.39, 0.29) is 5.75 Å². The fourth-order valence-corrected chi connectivity index (χ4v) is 2.33. The fraction of sp³-hybridized carbons (Fsp3) is 0.500. The Hall–Kier alpha value is -0.910. The first-order valence-corrected chi connectivity index (χ1v) is 7.27. The van der Waals surface area contributed by atoms with Crippen molar-refractivity contribution in [2.75, 3.05) is 19.3 Å². The molecule has 0 aliphatic rings. The third-order valence-corrected chi connectivity index (χ3v) is 3.83. The first-order valence-electron chi connectivity index (χ1n) is 5.62. The molecule has 0 bridgehead atoms. The molecule has 0 aromatic heterocycles. The number of hydrogen-bond donors (Lipinski definition) is 2. The van der Waals surface area contributed by atoms with Gasteiger partial charge in [-0.05, 0) is 26.5 Å². The molecule has 0 saturated carbocycles. The average Bonchev–Trinajstić information content (AvgIpc) is 2.23. The van der Waals surface area contributed by atoms with Gasteiger partial charge in [-0.25, -0.2) is 13.1 Å². The second kappa shape index (κ2) is 6.14. The Morgan fingerprint density at radius 2 is 1.71 bits per heavy atom. The molecule has 0 atom stereocenters. The monoisotopic (exact) mass is 256 g/mol. The molecule has 1 aromatic carbocycles. The standard InChI is InChI=1S/C12H20N2O2S/c1-10-6-11(2)8-12(7-10)9-14-4-5-17(15,16)13-3/h6-8,13-14H,4-5,9H2,1-3H3. The predicted molar refractivity (Wildman–Crippen MR) is 70.5 cm³/mol. The predicted octanol–water partition coefficient (Wildman–Crippen LogP) is 0.942. The van der Waals surface area contributed by atoms with Crippen LogP contribution in [0.4, 0.5) is 0 Å². The van der Waals surface area contributed by atoms with E-state index in [1.54, 1.807) is 0 Å². The molecular weight excluding hydrogens is 236 g/mol. The van der Waals surface area contributed by atoms with Crippen molar-refractivity contribution in [2.24, 2.45) is 0 Å². The summed E-state index contributed by atoms with van der Waals surface area (Å²) >= 11 is 0. The molecular formula is C12H20N2O2S. The highest BCUT2D eigenvalue weighted by atomic mass is 32.2. The van der Waals surface area contributed by atoms with E-state index < -0.39 is 10.0 Å². The van der Waals surface area contributed by atoms with Gasteiger partial charge in [0.25, 0.3) is 0 Å². The summed E-state index contributed by atoms with van der Waals surface area (Å²) < 4.78 is 24.6. The molecule has 0 aliphatic carbocycles. The molecule has 1 rings (SSSR count). The van der Waals surface area contributed by atoms with E-state index in [2.05, 4.69) is 42.1 Å². The maximum absolute atomic E-state index is 11.2. The van der Waals surface area contributed by atoms with Crippen LogP contribution in [0, 0.1) is 13.8 Å². The Kier molecular flexibility index (Phi) is 5.11. The van der Waals surface area contributed by atoms with E-state index in [4.69, 9.17) is 0 Å². The maximum Gasteiger partial charge on any atom is 0.212 e. The topological polar surface area (TPSA) is 58.2 Å². The molecule has 0 radical (unpaired) electrons. The Morgan fingerprint density at radius 3 is 2.24 bits per heavy atom. The van der Waals surface area contributed by atoms with Crippen LogP contribution >= 0.6 is 0 Å². The van der Waals surface area contributed by atoms with Gasteiger partial charge in [-0.3, -0.25) is 0 Å². The van der Waals surface area contributed by atoms with E-state index in [0.29, 0.717) is 13.1 Å². The normalized spacial score (nSPS) is 11.7. The Bertz CT molecular complexity index is 449. The van der Waals surface area contributed by atoms with Crippen molar-refractivity contribution in [1.29, 1.82) is 0 Å². The van der Waals surface area contributed by atoms with Gasteiger partial charge in [-0.2, -0.15) is 0 Å². The summed E-state index contributed by atoms with van der Waals surface area (Å²) in [7, 11) is -1.67. The lowest BCUT2D eigenvalue weighted by Crippen LogP contribution is -2.29. The first-order chi connectivity index (χ1) is 7.93. The van der Waals surface area contributed by atoms with Crippen molar-refractivity contribution in [3.63, 3.8) is 0 Å². The van der Waals surface area contributed by atoms with Gasteiger partial charge < -0.3 is 5.32 Å². The van der Waals surface area contributed by atoms with Crippen LogP contribution in [-0.2, 0) is 16.6 Å². The summed E-state index contributed by atoms with van der Waals surface area (Å²) in [5, 5.41) is 3.13. The molecule has 0 fully saturated rings. The highest BCUT2D eigenvalue weighted by Gasteiger charge is 2.05. The van der Waals surface area contributed by atoms with Crippen LogP contribution in [0.3, 0.4) is 0 Å². The smallest absolute Gasteiger partial charge is 0.212 e. The maximum atomic E-state index is 11.2. The zero-order chi connectivity index (χ0) is 12.9. The summed E-state index contributed by atoms with van der Waals surface area (Å²) in [6, 6.07) is 6.33. The van der Waals surface area contributed by atoms with Gasteiger partial charge in [0.2, 0.25) is 10.0 Å². The van der Waals surface area contributed by atoms with Gasteiger partial charge >= 0.3 is 0 Å². The van der Waals surface area contributed by atoms with Gasteiger partial charge in [0.05, 0.1) is 5.75 Å². The second-order valence-electron chi connectivity index (χ2n) is 4.20. The molecule has 0 aliphatic heterocycles. The molecule has 0 spiro atoms. The zero-order valence-corrected chi connectivity index (χ0v) is 11.4. The summed E-state index contributed by atoms with van der Waals surface area (Å²) in [6.45, 7) is 5.27. The number of rotatable bonds is 6. The van der Waals surface area contributed by atoms with Crippen molar-refractivity contribution >= 4 is 10.0 Å². The molecule has 2 N–H and O–H groups in total. The van der Waals surface area contributed by atoms with E-state index >= 15 is 0 Å². The molecule has 0 heterocycles. The number of nitrogens with one attached hydrogen (secondary N) is 2. The zero-order valence-electron chi connectivity index (χ0n) is 10.6. The van der Waals surface area contributed by atoms with Gasteiger partial charge in [0.15, 0.2) is 0 Å². The highest BCUT2D eigenvalue weighted by molar-refractivity contribution is 7.89. The van der Waals surface area contributed by atoms with Crippen LogP contribution in [0.1, 0.15) is 16.7 Å². The van der Waals surface area contributed by atoms with Gasteiger partial charge in [0, 0.05) is 13.1 Å². The molecule has 0 amide bonds. The Morgan fingerprint density at radius 1 is 1.12 bits per heavy atom. The lowest BCUT2D eigenvalue weighted by atomic mass is 10.1. The van der Waals surface area contributed by atoms with Crippen molar-refractivity contribution < 1.29 is 8.42 Å². The van der Waals surface area contributed by atoms with Gasteiger partial charge in [0.1, 0.15) is 0 Å². The largest absolute Gasteiger partial charge is 0.312 e. The minimum absolute atomic E-state index is 0.105. The summed E-state index contributed by atoms with van der Waals surface area (Å²) in [5.41, 5.74) is 3.64. The molecule has 4 nitrogen and oxygen atoms in total. The molecule has 0 unspecified atom stereocenters. The third-order valence-electron chi connectivity index (χ3n) is 2.47. The number of benzene rings is 1. The highest BCUT2D eigenvalue weighted by Crippen LogP contribution is 2.08. The number of aryl methyl sites for hydroxylation is 2. The molecule has 5 heteroatoms. The summed E-state index contributed by atoms with van der Waals surface area (Å²) in [6.07, 6.45) is 0. The van der Waals surface area contributed by atoms with E-state index in [9.17, 15) is 8.42 Å². The van der Waals surface area contributed by atoms with Gasteiger partial charge in [-0.15, -0.1) is 0 Å².